The lowest BCUT2D eigenvalue weighted by atomic mass is 9.96. The van der Waals surface area contributed by atoms with E-state index in [2.05, 4.69) is 48.9 Å². The molecule has 1 aliphatic heterocycles. The Bertz CT molecular complexity index is 2310. The van der Waals surface area contributed by atoms with Crippen LogP contribution in [0.2, 0.25) is 18.1 Å². The normalized spacial score (nSPS) is 19.1. The van der Waals surface area contributed by atoms with Crippen LogP contribution in [0.1, 0.15) is 49.7 Å². The first-order chi connectivity index (χ1) is 27.8. The van der Waals surface area contributed by atoms with Crippen LogP contribution < -0.4 is 15.2 Å². The minimum absolute atomic E-state index is 0.0357. The summed E-state index contributed by atoms with van der Waals surface area (Å²) >= 11 is 0. The van der Waals surface area contributed by atoms with Gasteiger partial charge in [0.05, 0.1) is 33.4 Å². The summed E-state index contributed by atoms with van der Waals surface area (Å²) < 4.78 is 50.8. The molecule has 5 atom stereocenters. The molecule has 0 spiro atoms. The Hall–Kier alpha value is -4.92. The molecule has 0 radical (unpaired) electrons. The molecule has 2 aromatic heterocycles. The molecular weight excluding hydrogens is 776 g/mol. The van der Waals surface area contributed by atoms with Gasteiger partial charge in [-0.3, -0.25) is 9.55 Å². The van der Waals surface area contributed by atoms with E-state index in [4.69, 9.17) is 27.9 Å². The number of aromatic nitrogens is 4. The molecule has 1 unspecified atom stereocenters. The van der Waals surface area contributed by atoms with Crippen LogP contribution >= 0.6 is 8.25 Å². The van der Waals surface area contributed by atoms with Crippen LogP contribution in [0.3, 0.4) is 0 Å². The third kappa shape index (κ3) is 8.74. The topological polar surface area (TPSA) is 156 Å². The van der Waals surface area contributed by atoms with Crippen molar-refractivity contribution >= 4 is 22.2 Å². The van der Waals surface area contributed by atoms with Crippen LogP contribution in [-0.2, 0) is 23.0 Å². The molecule has 304 valence electrons. The van der Waals surface area contributed by atoms with Gasteiger partial charge in [-0.25, -0.2) is 9.78 Å². The molecule has 3 heterocycles. The SMILES string of the molecule is COc1ccc(-c2ccc(C(OC[C@H]3O[C@@H](c4cnn5c(=O)[nH]cnc45)[C@H](O[Si](C)(C)C(C)(C)C)[C@@H]3O[PH](=O)O)c3ccc(-c4ccc(OC)cc4)cc3)cc2)cc1. The van der Waals surface area contributed by atoms with E-state index in [0.29, 0.717) is 5.56 Å². The minimum atomic E-state index is -3.48. The number of rotatable bonds is 14. The fourth-order valence-electron chi connectivity index (χ4n) is 6.90. The zero-order valence-electron chi connectivity index (χ0n) is 33.5. The lowest BCUT2D eigenvalue weighted by Gasteiger charge is -2.40. The fourth-order valence-corrected chi connectivity index (χ4v) is 8.71. The average molecular weight is 825 g/mol. The van der Waals surface area contributed by atoms with Gasteiger partial charge in [-0.1, -0.05) is 93.6 Å². The molecular formula is C43H49N4O9PSi. The van der Waals surface area contributed by atoms with E-state index in [1.807, 2.05) is 97.1 Å². The summed E-state index contributed by atoms with van der Waals surface area (Å²) in [6.45, 7) is 10.5. The van der Waals surface area contributed by atoms with Gasteiger partial charge in [0.1, 0.15) is 42.0 Å². The van der Waals surface area contributed by atoms with Gasteiger partial charge < -0.3 is 32.8 Å². The molecule has 15 heteroatoms. The van der Waals surface area contributed by atoms with E-state index < -0.39 is 52.8 Å². The van der Waals surface area contributed by atoms with Crippen LogP contribution in [0.25, 0.3) is 27.9 Å². The van der Waals surface area contributed by atoms with Crippen molar-refractivity contribution in [3.05, 3.63) is 137 Å². The van der Waals surface area contributed by atoms with Crippen molar-refractivity contribution in [2.75, 3.05) is 20.8 Å². The lowest BCUT2D eigenvalue weighted by Crippen LogP contribution is -2.48. The summed E-state index contributed by atoms with van der Waals surface area (Å²) in [5.74, 6) is 1.56. The van der Waals surface area contributed by atoms with Gasteiger partial charge in [0.2, 0.25) is 0 Å². The van der Waals surface area contributed by atoms with Gasteiger partial charge in [0.15, 0.2) is 14.0 Å². The smallest absolute Gasteiger partial charge is 0.349 e. The van der Waals surface area contributed by atoms with Crippen molar-refractivity contribution in [3.8, 4) is 33.8 Å². The summed E-state index contributed by atoms with van der Waals surface area (Å²) in [5.41, 5.74) is 6.19. The second-order valence-electron chi connectivity index (χ2n) is 15.7. The Kier molecular flexibility index (Phi) is 12.2. The molecule has 58 heavy (non-hydrogen) atoms. The molecule has 1 fully saturated rings. The number of nitrogens with zero attached hydrogens (tertiary/aromatic N) is 3. The van der Waals surface area contributed by atoms with Crippen molar-refractivity contribution < 1.29 is 37.4 Å². The molecule has 0 amide bonds. The standard InChI is InChI=1S/C43H49N4O9PSi/c1-43(2,3)58(6,7)56-40-38(35-24-46-47-41(35)44-26-45-42(47)48)54-36(39(40)55-57(49)50)25-53-37(31-12-8-27(9-13-31)29-16-20-33(51-4)21-17-29)32-14-10-28(11-15-32)30-18-22-34(52-5)23-19-30/h8-24,26,36-40,57H,25H2,1-7H3,(H,49,50)(H,44,45,48)/t36-,38+,39-,40+/m1/s1. The zero-order valence-corrected chi connectivity index (χ0v) is 35.5. The van der Waals surface area contributed by atoms with E-state index in [1.165, 1.54) is 12.5 Å². The third-order valence-corrected chi connectivity index (χ3v) is 16.1. The molecule has 0 saturated carbocycles. The number of aromatic amines is 1. The molecule has 1 aliphatic rings. The van der Waals surface area contributed by atoms with Crippen LogP contribution in [0.4, 0.5) is 0 Å². The highest BCUT2D eigenvalue weighted by atomic mass is 31.1. The molecule has 1 saturated heterocycles. The van der Waals surface area contributed by atoms with Crippen LogP contribution in [-0.4, -0.2) is 71.9 Å². The third-order valence-electron chi connectivity index (χ3n) is 11.1. The average Bonchev–Trinajstić information content (AvgIpc) is 3.79. The van der Waals surface area contributed by atoms with Gasteiger partial charge in [0, 0.05) is 5.56 Å². The molecule has 2 N–H and O–H groups in total. The molecule has 6 aromatic rings. The number of hydrogen-bond acceptors (Lipinski definition) is 10. The van der Waals surface area contributed by atoms with Crippen molar-refractivity contribution in [2.45, 2.75) is 69.4 Å². The molecule has 13 nitrogen and oxygen atoms in total. The summed E-state index contributed by atoms with van der Waals surface area (Å²) in [7, 11) is -2.75. The maximum atomic E-state index is 12.6. The number of hydrogen-bond donors (Lipinski definition) is 2. The highest BCUT2D eigenvalue weighted by Crippen LogP contribution is 2.46. The highest BCUT2D eigenvalue weighted by molar-refractivity contribution is 7.32. The predicted molar refractivity (Wildman–Crippen MR) is 224 cm³/mol. The Morgan fingerprint density at radius 3 is 1.79 bits per heavy atom. The summed E-state index contributed by atoms with van der Waals surface area (Å²) in [6, 6.07) is 32.1. The van der Waals surface area contributed by atoms with Gasteiger partial charge in [0.25, 0.3) is 0 Å². The maximum absolute atomic E-state index is 12.6. The number of H-pyrrole nitrogens is 1. The van der Waals surface area contributed by atoms with E-state index in [-0.39, 0.29) is 17.3 Å². The van der Waals surface area contributed by atoms with E-state index in [9.17, 15) is 14.3 Å². The molecule has 0 aliphatic carbocycles. The highest BCUT2D eigenvalue weighted by Gasteiger charge is 2.53. The van der Waals surface area contributed by atoms with E-state index >= 15 is 0 Å². The van der Waals surface area contributed by atoms with Crippen LogP contribution in [0.15, 0.2) is 114 Å². The quantitative estimate of drug-likeness (QED) is 0.0807. The molecule has 0 bridgehead atoms. The summed E-state index contributed by atoms with van der Waals surface area (Å²) in [6.07, 6.45) is -1.33. The van der Waals surface area contributed by atoms with Gasteiger partial charge in [-0.2, -0.15) is 9.61 Å². The minimum Gasteiger partial charge on any atom is -0.497 e. The largest absolute Gasteiger partial charge is 0.497 e. The second kappa shape index (κ2) is 17.1. The first-order valence-corrected chi connectivity index (χ1v) is 23.2. The summed E-state index contributed by atoms with van der Waals surface area (Å²) in [5, 5.41) is 4.06. The van der Waals surface area contributed by atoms with E-state index in [1.54, 1.807) is 14.2 Å². The number of benzene rings is 4. The maximum Gasteiger partial charge on any atom is 0.349 e. The number of methoxy groups -OCH3 is 2. The zero-order chi connectivity index (χ0) is 41.2. The van der Waals surface area contributed by atoms with E-state index in [0.717, 1.165) is 49.4 Å². The Balaban J connectivity index is 1.24. The van der Waals surface area contributed by atoms with Crippen molar-refractivity contribution in [3.63, 3.8) is 0 Å². The van der Waals surface area contributed by atoms with Gasteiger partial charge in [-0.05, 0) is 75.8 Å². The van der Waals surface area contributed by atoms with Crippen molar-refractivity contribution in [1.82, 2.24) is 19.6 Å². The predicted octanol–water partition coefficient (Wildman–Crippen LogP) is 8.17. The van der Waals surface area contributed by atoms with Gasteiger partial charge in [-0.15, -0.1) is 0 Å². The monoisotopic (exact) mass is 824 g/mol. The van der Waals surface area contributed by atoms with Crippen molar-refractivity contribution in [2.24, 2.45) is 0 Å². The van der Waals surface area contributed by atoms with Crippen molar-refractivity contribution in [1.29, 1.82) is 0 Å². The van der Waals surface area contributed by atoms with Crippen LogP contribution in [0, 0.1) is 0 Å². The Morgan fingerprint density at radius 1 is 0.828 bits per heavy atom. The number of fused-ring (bicyclic) bond motifs is 1. The lowest BCUT2D eigenvalue weighted by molar-refractivity contribution is -0.0550. The Morgan fingerprint density at radius 2 is 1.33 bits per heavy atom. The first-order valence-electron chi connectivity index (χ1n) is 19.0. The van der Waals surface area contributed by atoms with Crippen LogP contribution in [0.5, 0.6) is 11.5 Å². The van der Waals surface area contributed by atoms with Gasteiger partial charge >= 0.3 is 13.9 Å². The Labute approximate surface area is 339 Å². The molecule has 4 aromatic carbocycles. The fraction of sp³-hybridized carbons (Fsp3) is 0.326. The summed E-state index contributed by atoms with van der Waals surface area (Å²) in [4.78, 5) is 29.8. The number of ether oxygens (including phenoxy) is 4. The number of nitrogens with one attached hydrogen (secondary N) is 1. The second-order valence-corrected chi connectivity index (χ2v) is 21.3. The first kappa shape index (κ1) is 41.2. The molecule has 7 rings (SSSR count).